The standard InChI is InChI=1S/C27H26F2N4O2/c1-30-25(16-34)23(14-20-5-2-3-12-31-20)33-27(35)21-6-4-7-22(29)26(21)24-13-18(15-32-24)17-8-10-19(28)11-9-17/h2-13,23,25,30,34H,14-16H2,1H3,(H,33,35)/t23-,25-/m1/s1. The molecule has 0 unspecified atom stereocenters. The molecule has 6 nitrogen and oxygen atoms in total. The molecular weight excluding hydrogens is 450 g/mol. The molecule has 1 aromatic heterocycles. The fourth-order valence-corrected chi connectivity index (χ4v) is 4.09. The van der Waals surface area contributed by atoms with Crippen molar-refractivity contribution in [3.63, 3.8) is 0 Å². The van der Waals surface area contributed by atoms with E-state index in [9.17, 15) is 14.3 Å². The minimum Gasteiger partial charge on any atom is -0.395 e. The topological polar surface area (TPSA) is 86.6 Å². The van der Waals surface area contributed by atoms with Crippen LogP contribution in [0.4, 0.5) is 8.78 Å². The molecule has 2 atom stereocenters. The molecule has 0 fully saturated rings. The van der Waals surface area contributed by atoms with Gasteiger partial charge in [0.15, 0.2) is 0 Å². The van der Waals surface area contributed by atoms with E-state index < -0.39 is 23.8 Å². The highest BCUT2D eigenvalue weighted by Crippen LogP contribution is 2.25. The number of allylic oxidation sites excluding steroid dienone is 1. The van der Waals surface area contributed by atoms with Crippen molar-refractivity contribution >= 4 is 17.2 Å². The van der Waals surface area contributed by atoms with Gasteiger partial charge >= 0.3 is 0 Å². The van der Waals surface area contributed by atoms with Gasteiger partial charge in [0.1, 0.15) is 11.6 Å². The number of carbonyl (C=O) groups excluding carboxylic acids is 1. The van der Waals surface area contributed by atoms with Gasteiger partial charge in [0.2, 0.25) is 0 Å². The molecule has 8 heteroatoms. The number of aliphatic hydroxyl groups excluding tert-OH is 1. The van der Waals surface area contributed by atoms with Crippen LogP contribution in [-0.2, 0) is 6.42 Å². The van der Waals surface area contributed by atoms with Crippen LogP contribution in [0, 0.1) is 11.6 Å². The summed E-state index contributed by atoms with van der Waals surface area (Å²) in [4.78, 5) is 22.1. The highest BCUT2D eigenvalue weighted by Gasteiger charge is 2.26. The maximum Gasteiger partial charge on any atom is 0.252 e. The quantitative estimate of drug-likeness (QED) is 0.443. The van der Waals surface area contributed by atoms with E-state index in [2.05, 4.69) is 20.6 Å². The number of carbonyl (C=O) groups is 1. The summed E-state index contributed by atoms with van der Waals surface area (Å²) < 4.78 is 28.3. The Morgan fingerprint density at radius 3 is 2.54 bits per heavy atom. The smallest absolute Gasteiger partial charge is 0.252 e. The number of aliphatic imine (C=N–C) groups is 1. The van der Waals surface area contributed by atoms with Crippen LogP contribution in [0.5, 0.6) is 0 Å². The summed E-state index contributed by atoms with van der Waals surface area (Å²) in [5.41, 5.74) is 2.92. The molecule has 35 heavy (non-hydrogen) atoms. The SMILES string of the molecule is CN[C@H](CO)[C@@H](Cc1ccccn1)NC(=O)c1cccc(F)c1C1=NCC(c2ccc(F)cc2)=C1. The lowest BCUT2D eigenvalue weighted by atomic mass is 9.98. The van der Waals surface area contributed by atoms with Crippen molar-refractivity contribution in [1.29, 1.82) is 0 Å². The molecule has 180 valence electrons. The number of halogens is 2. The minimum atomic E-state index is -0.568. The fourth-order valence-electron chi connectivity index (χ4n) is 4.09. The van der Waals surface area contributed by atoms with Gasteiger partial charge in [-0.1, -0.05) is 24.3 Å². The van der Waals surface area contributed by atoms with Crippen molar-refractivity contribution in [3.05, 3.63) is 107 Å². The summed E-state index contributed by atoms with van der Waals surface area (Å²) in [7, 11) is 1.70. The summed E-state index contributed by atoms with van der Waals surface area (Å²) in [5.74, 6) is -1.40. The molecule has 1 aliphatic rings. The number of aromatic nitrogens is 1. The van der Waals surface area contributed by atoms with Crippen LogP contribution < -0.4 is 10.6 Å². The van der Waals surface area contributed by atoms with Crippen LogP contribution in [0.2, 0.25) is 0 Å². The third-order valence-electron chi connectivity index (χ3n) is 5.98. The second kappa shape index (κ2) is 11.1. The summed E-state index contributed by atoms with van der Waals surface area (Å²) >= 11 is 0. The van der Waals surface area contributed by atoms with Gasteiger partial charge in [-0.15, -0.1) is 0 Å². The number of pyridine rings is 1. The first-order valence-electron chi connectivity index (χ1n) is 11.3. The van der Waals surface area contributed by atoms with Gasteiger partial charge in [-0.3, -0.25) is 14.8 Å². The zero-order valence-corrected chi connectivity index (χ0v) is 19.2. The summed E-state index contributed by atoms with van der Waals surface area (Å²) in [5, 5.41) is 15.8. The normalized spacial score (nSPS) is 14.7. The first-order chi connectivity index (χ1) is 17.0. The summed E-state index contributed by atoms with van der Waals surface area (Å²) in [6, 6.07) is 14.9. The fraction of sp³-hybridized carbons (Fsp3) is 0.222. The monoisotopic (exact) mass is 476 g/mol. The van der Waals surface area contributed by atoms with Crippen molar-refractivity contribution < 1.29 is 18.7 Å². The zero-order valence-electron chi connectivity index (χ0n) is 19.2. The van der Waals surface area contributed by atoms with Gasteiger partial charge in [0.05, 0.1) is 36.5 Å². The van der Waals surface area contributed by atoms with E-state index in [1.807, 2.05) is 12.1 Å². The number of likely N-dealkylation sites (N-methyl/N-ethyl adjacent to an activating group) is 1. The van der Waals surface area contributed by atoms with Crippen LogP contribution in [0.15, 0.2) is 77.9 Å². The molecular formula is C27H26F2N4O2. The Hall–Kier alpha value is -3.75. The maximum atomic E-state index is 15.0. The third kappa shape index (κ3) is 5.67. The van der Waals surface area contributed by atoms with Gasteiger partial charge in [0, 0.05) is 23.9 Å². The van der Waals surface area contributed by atoms with Crippen LogP contribution in [0.25, 0.3) is 5.57 Å². The molecule has 3 aromatic rings. The Morgan fingerprint density at radius 1 is 1.06 bits per heavy atom. The van der Waals surface area contributed by atoms with Gasteiger partial charge < -0.3 is 15.7 Å². The molecule has 1 aliphatic heterocycles. The first kappa shape index (κ1) is 24.4. The Labute approximate surface area is 202 Å². The zero-order chi connectivity index (χ0) is 24.8. The summed E-state index contributed by atoms with van der Waals surface area (Å²) in [6.45, 7) is 0.0891. The summed E-state index contributed by atoms with van der Waals surface area (Å²) in [6.07, 6.45) is 3.76. The predicted molar refractivity (Wildman–Crippen MR) is 131 cm³/mol. The largest absolute Gasteiger partial charge is 0.395 e. The number of aliphatic hydroxyl groups is 1. The minimum absolute atomic E-state index is 0.101. The van der Waals surface area contributed by atoms with E-state index in [-0.39, 0.29) is 23.6 Å². The second-order valence-electron chi connectivity index (χ2n) is 8.22. The number of benzene rings is 2. The van der Waals surface area contributed by atoms with Gasteiger partial charge in [0.25, 0.3) is 5.91 Å². The van der Waals surface area contributed by atoms with Crippen molar-refractivity contribution in [2.45, 2.75) is 18.5 Å². The van der Waals surface area contributed by atoms with Crippen molar-refractivity contribution in [1.82, 2.24) is 15.6 Å². The Balaban J connectivity index is 1.62. The molecule has 0 bridgehead atoms. The van der Waals surface area contributed by atoms with E-state index in [0.29, 0.717) is 18.7 Å². The number of rotatable bonds is 9. The first-order valence-corrected chi connectivity index (χ1v) is 11.3. The number of nitrogens with zero attached hydrogens (tertiary/aromatic N) is 2. The molecule has 0 spiro atoms. The third-order valence-corrected chi connectivity index (χ3v) is 5.98. The highest BCUT2D eigenvalue weighted by molar-refractivity contribution is 6.19. The molecule has 2 aromatic carbocycles. The lowest BCUT2D eigenvalue weighted by Gasteiger charge is -2.26. The lowest BCUT2D eigenvalue weighted by Crippen LogP contribution is -2.52. The number of amides is 1. The lowest BCUT2D eigenvalue weighted by molar-refractivity contribution is 0.0916. The van der Waals surface area contributed by atoms with Gasteiger partial charge in [-0.05, 0) is 60.7 Å². The van der Waals surface area contributed by atoms with Crippen molar-refractivity contribution in [3.8, 4) is 0 Å². The van der Waals surface area contributed by atoms with Crippen LogP contribution in [0.3, 0.4) is 0 Å². The van der Waals surface area contributed by atoms with Gasteiger partial charge in [-0.2, -0.15) is 0 Å². The Kier molecular flexibility index (Phi) is 7.74. The van der Waals surface area contributed by atoms with Gasteiger partial charge in [-0.25, -0.2) is 8.78 Å². The average molecular weight is 477 g/mol. The van der Waals surface area contributed by atoms with E-state index in [0.717, 1.165) is 16.8 Å². The molecule has 1 amide bonds. The van der Waals surface area contributed by atoms with E-state index in [1.54, 1.807) is 43.6 Å². The van der Waals surface area contributed by atoms with Crippen LogP contribution >= 0.6 is 0 Å². The highest BCUT2D eigenvalue weighted by atomic mass is 19.1. The number of hydrogen-bond donors (Lipinski definition) is 3. The molecule has 3 N–H and O–H groups in total. The van der Waals surface area contributed by atoms with Crippen molar-refractivity contribution in [2.75, 3.05) is 20.2 Å². The number of nitrogens with one attached hydrogen (secondary N) is 2. The second-order valence-corrected chi connectivity index (χ2v) is 8.22. The molecule has 0 radical (unpaired) electrons. The van der Waals surface area contributed by atoms with Crippen LogP contribution in [0.1, 0.15) is 27.2 Å². The molecule has 0 saturated heterocycles. The molecule has 0 aliphatic carbocycles. The molecule has 4 rings (SSSR count). The van der Waals surface area contributed by atoms with E-state index in [4.69, 9.17) is 0 Å². The maximum absolute atomic E-state index is 15.0. The van der Waals surface area contributed by atoms with Crippen LogP contribution in [-0.4, -0.2) is 54.0 Å². The van der Waals surface area contributed by atoms with E-state index >= 15 is 4.39 Å². The molecule has 0 saturated carbocycles. The number of hydrogen-bond acceptors (Lipinski definition) is 5. The Morgan fingerprint density at radius 2 is 1.86 bits per heavy atom. The molecule has 2 heterocycles. The van der Waals surface area contributed by atoms with E-state index in [1.165, 1.54) is 24.3 Å². The predicted octanol–water partition coefficient (Wildman–Crippen LogP) is 3.17. The Bertz CT molecular complexity index is 1240. The average Bonchev–Trinajstić information content (AvgIpc) is 3.35. The van der Waals surface area contributed by atoms with Crippen molar-refractivity contribution in [2.24, 2.45) is 4.99 Å².